The van der Waals surface area contributed by atoms with Crippen molar-refractivity contribution in [2.24, 2.45) is 0 Å². The summed E-state index contributed by atoms with van der Waals surface area (Å²) in [6.07, 6.45) is 4.82. The fourth-order valence-corrected chi connectivity index (χ4v) is 3.49. The van der Waals surface area contributed by atoms with Crippen molar-refractivity contribution in [2.75, 3.05) is 11.4 Å². The van der Waals surface area contributed by atoms with Crippen molar-refractivity contribution in [1.29, 1.82) is 0 Å². The van der Waals surface area contributed by atoms with Crippen molar-refractivity contribution in [1.82, 2.24) is 20.3 Å². The number of amides is 1. The highest BCUT2D eigenvalue weighted by atomic mass is 16.2. The molecule has 3 aromatic rings. The molecular formula is C22H21N5O2. The van der Waals surface area contributed by atoms with Crippen molar-refractivity contribution in [3.8, 4) is 11.1 Å². The molecule has 0 aliphatic carbocycles. The molecule has 4 rings (SSSR count). The Bertz CT molecular complexity index is 1070. The van der Waals surface area contributed by atoms with Gasteiger partial charge in [0.15, 0.2) is 0 Å². The van der Waals surface area contributed by atoms with Gasteiger partial charge in [0.25, 0.3) is 0 Å². The fourth-order valence-electron chi connectivity index (χ4n) is 3.49. The number of aryl methyl sites for hydroxylation is 1. The van der Waals surface area contributed by atoms with Crippen LogP contribution in [0.4, 0.5) is 5.69 Å². The molecule has 3 heterocycles. The predicted molar refractivity (Wildman–Crippen MR) is 109 cm³/mol. The van der Waals surface area contributed by atoms with Gasteiger partial charge in [0.1, 0.15) is 12.0 Å². The largest absolute Gasteiger partial charge is 0.303 e. The molecule has 146 valence electrons. The number of pyridine rings is 1. The number of hydrogen-bond donors (Lipinski definition) is 1. The highest BCUT2D eigenvalue weighted by molar-refractivity contribution is 6.17. The number of benzene rings is 1. The van der Waals surface area contributed by atoms with E-state index < -0.39 is 6.04 Å². The van der Waals surface area contributed by atoms with Gasteiger partial charge < -0.3 is 5.32 Å². The number of aromatic nitrogens is 3. The molecule has 0 saturated heterocycles. The summed E-state index contributed by atoms with van der Waals surface area (Å²) in [6.45, 7) is 4.29. The first kappa shape index (κ1) is 18.9. The predicted octanol–water partition coefficient (Wildman–Crippen LogP) is 2.55. The van der Waals surface area contributed by atoms with Crippen molar-refractivity contribution >= 4 is 17.4 Å². The molecule has 1 unspecified atom stereocenters. The van der Waals surface area contributed by atoms with Gasteiger partial charge in [-0.25, -0.2) is 9.97 Å². The number of ketones is 1. The first-order valence-electron chi connectivity index (χ1n) is 9.43. The van der Waals surface area contributed by atoms with Crippen molar-refractivity contribution in [3.63, 3.8) is 0 Å². The molecule has 0 spiro atoms. The fraction of sp³-hybridized carbons (Fsp3) is 0.227. The Morgan fingerprint density at radius 3 is 2.79 bits per heavy atom. The monoisotopic (exact) mass is 387 g/mol. The zero-order valence-electron chi connectivity index (χ0n) is 16.3. The summed E-state index contributed by atoms with van der Waals surface area (Å²) in [5, 5.41) is 3.09. The lowest BCUT2D eigenvalue weighted by molar-refractivity contribution is -0.118. The number of fused-ring (bicyclic) bond motifs is 1. The summed E-state index contributed by atoms with van der Waals surface area (Å²) < 4.78 is 0. The summed E-state index contributed by atoms with van der Waals surface area (Å²) in [5.41, 5.74) is 4.72. The van der Waals surface area contributed by atoms with Crippen molar-refractivity contribution < 1.29 is 9.59 Å². The molecule has 1 aliphatic rings. The van der Waals surface area contributed by atoms with Crippen LogP contribution in [0.5, 0.6) is 0 Å². The Morgan fingerprint density at radius 2 is 2.03 bits per heavy atom. The minimum Gasteiger partial charge on any atom is -0.303 e. The third kappa shape index (κ3) is 3.77. The molecule has 7 nitrogen and oxygen atoms in total. The van der Waals surface area contributed by atoms with Crippen LogP contribution in [0.25, 0.3) is 11.1 Å². The lowest BCUT2D eigenvalue weighted by Gasteiger charge is -2.22. The first-order valence-corrected chi connectivity index (χ1v) is 9.43. The zero-order chi connectivity index (χ0) is 20.4. The number of hydrogen-bond acceptors (Lipinski definition) is 6. The van der Waals surface area contributed by atoms with E-state index >= 15 is 0 Å². The minimum absolute atomic E-state index is 0.0930. The summed E-state index contributed by atoms with van der Waals surface area (Å²) in [4.78, 5) is 39.4. The number of nitrogens with one attached hydrogen (secondary N) is 1. The molecule has 0 saturated carbocycles. The van der Waals surface area contributed by atoms with Crippen LogP contribution >= 0.6 is 0 Å². The van der Waals surface area contributed by atoms with E-state index in [0.29, 0.717) is 17.9 Å². The second-order valence-electron chi connectivity index (χ2n) is 7.07. The quantitative estimate of drug-likeness (QED) is 0.724. The highest BCUT2D eigenvalue weighted by Gasteiger charge is 2.39. The smallest absolute Gasteiger partial charge is 0.241 e. The summed E-state index contributed by atoms with van der Waals surface area (Å²) in [5.74, 6) is -0.318. The van der Waals surface area contributed by atoms with Gasteiger partial charge in [-0.05, 0) is 31.5 Å². The third-order valence-corrected chi connectivity index (χ3v) is 4.97. The number of carbonyl (C=O) groups excluding carboxylic acids is 2. The normalized spacial score (nSPS) is 15.4. The SMILES string of the molecule is Cc1cccc(-c2cnc3c(c2)N(C(=O)CNCc2ccncn2)C(C)C3=O)c1. The Labute approximate surface area is 168 Å². The zero-order valence-corrected chi connectivity index (χ0v) is 16.3. The van der Waals surface area contributed by atoms with Crippen molar-refractivity contribution in [3.05, 3.63) is 72.1 Å². The molecule has 1 aromatic carbocycles. The Morgan fingerprint density at radius 1 is 1.17 bits per heavy atom. The number of Topliss-reactive ketones (excluding diaryl/α,β-unsaturated/α-hetero) is 1. The molecule has 2 aromatic heterocycles. The Balaban J connectivity index is 1.56. The minimum atomic E-state index is -0.571. The average molecular weight is 387 g/mol. The van der Waals surface area contributed by atoms with E-state index in [4.69, 9.17) is 0 Å². The van der Waals surface area contributed by atoms with Crippen LogP contribution in [-0.2, 0) is 11.3 Å². The second kappa shape index (κ2) is 7.89. The van der Waals surface area contributed by atoms with E-state index in [1.807, 2.05) is 31.2 Å². The van der Waals surface area contributed by atoms with Crippen molar-refractivity contribution in [2.45, 2.75) is 26.4 Å². The van der Waals surface area contributed by atoms with Crippen LogP contribution in [0.3, 0.4) is 0 Å². The first-order chi connectivity index (χ1) is 14.0. The molecule has 0 bridgehead atoms. The Kier molecular flexibility index (Phi) is 5.14. The maximum atomic E-state index is 12.9. The molecular weight excluding hydrogens is 366 g/mol. The van der Waals surface area contributed by atoms with Crippen LogP contribution in [0.2, 0.25) is 0 Å². The van der Waals surface area contributed by atoms with Crippen LogP contribution in [0.1, 0.15) is 28.7 Å². The van der Waals surface area contributed by atoms with Crippen LogP contribution < -0.4 is 10.2 Å². The van der Waals surface area contributed by atoms with Gasteiger partial charge in [-0.1, -0.05) is 29.8 Å². The van der Waals surface area contributed by atoms with Gasteiger partial charge in [-0.2, -0.15) is 0 Å². The molecule has 1 N–H and O–H groups in total. The van der Waals surface area contributed by atoms with Gasteiger partial charge in [0.05, 0.1) is 24.0 Å². The third-order valence-electron chi connectivity index (χ3n) is 4.97. The van der Waals surface area contributed by atoms with Gasteiger partial charge in [0.2, 0.25) is 11.7 Å². The number of rotatable bonds is 5. The van der Waals surface area contributed by atoms with E-state index in [9.17, 15) is 9.59 Å². The molecule has 0 fully saturated rings. The number of nitrogens with zero attached hydrogens (tertiary/aromatic N) is 4. The van der Waals surface area contributed by atoms with E-state index in [0.717, 1.165) is 22.4 Å². The highest BCUT2D eigenvalue weighted by Crippen LogP contribution is 2.34. The van der Waals surface area contributed by atoms with Crippen LogP contribution in [0, 0.1) is 6.92 Å². The molecule has 1 aliphatic heterocycles. The van der Waals surface area contributed by atoms with Gasteiger partial charge in [-0.15, -0.1) is 0 Å². The molecule has 0 radical (unpaired) electrons. The van der Waals surface area contributed by atoms with Gasteiger partial charge >= 0.3 is 0 Å². The van der Waals surface area contributed by atoms with E-state index in [1.54, 1.807) is 25.4 Å². The summed E-state index contributed by atoms with van der Waals surface area (Å²) >= 11 is 0. The van der Waals surface area contributed by atoms with Gasteiger partial charge in [0, 0.05) is 24.5 Å². The number of carbonyl (C=O) groups is 2. The van der Waals surface area contributed by atoms with E-state index in [2.05, 4.69) is 26.3 Å². The van der Waals surface area contributed by atoms with E-state index in [1.165, 1.54) is 11.2 Å². The topological polar surface area (TPSA) is 88.1 Å². The Hall–Kier alpha value is -3.45. The van der Waals surface area contributed by atoms with Crippen LogP contribution in [-0.4, -0.2) is 39.2 Å². The number of anilines is 1. The van der Waals surface area contributed by atoms with E-state index in [-0.39, 0.29) is 18.2 Å². The summed E-state index contributed by atoms with van der Waals surface area (Å²) in [7, 11) is 0. The standard InChI is InChI=1S/C22H21N5O2/c1-14-4-3-5-16(8-14)17-9-19-21(25-10-17)22(29)15(2)27(19)20(28)12-24-11-18-6-7-23-13-26-18/h3-10,13,15,24H,11-12H2,1-2H3. The maximum absolute atomic E-state index is 12.9. The van der Waals surface area contributed by atoms with Gasteiger partial charge in [-0.3, -0.25) is 19.5 Å². The average Bonchev–Trinajstić information content (AvgIpc) is 2.98. The maximum Gasteiger partial charge on any atom is 0.241 e. The molecule has 1 atom stereocenters. The molecule has 7 heteroatoms. The lowest BCUT2D eigenvalue weighted by Crippen LogP contribution is -2.43. The lowest BCUT2D eigenvalue weighted by atomic mass is 10.0. The summed E-state index contributed by atoms with van der Waals surface area (Å²) in [6, 6.07) is 11.1. The molecule has 1 amide bonds. The molecule has 29 heavy (non-hydrogen) atoms. The second-order valence-corrected chi connectivity index (χ2v) is 7.07. The van der Waals surface area contributed by atoms with Crippen LogP contribution in [0.15, 0.2) is 55.1 Å².